The van der Waals surface area contributed by atoms with Gasteiger partial charge in [0.15, 0.2) is 11.5 Å². The molecule has 0 atom stereocenters. The Labute approximate surface area is 260 Å². The molecule has 0 radical (unpaired) electrons. The molecule has 0 unspecified atom stereocenters. The highest BCUT2D eigenvalue weighted by molar-refractivity contribution is 9.16. The van der Waals surface area contributed by atoms with E-state index in [0.29, 0.717) is 11.5 Å². The van der Waals surface area contributed by atoms with Crippen molar-refractivity contribution < 1.29 is 9.47 Å². The van der Waals surface area contributed by atoms with Gasteiger partial charge in [0.2, 0.25) is 6.29 Å². The van der Waals surface area contributed by atoms with Crippen molar-refractivity contribution in [3.8, 4) is 11.5 Å². The van der Waals surface area contributed by atoms with Crippen LogP contribution in [0, 0.1) is 0 Å². The van der Waals surface area contributed by atoms with Crippen LogP contribution in [0.4, 0.5) is 0 Å². The van der Waals surface area contributed by atoms with Gasteiger partial charge in [-0.3, -0.25) is 0 Å². The normalized spacial score (nSPS) is 11.3. The van der Waals surface area contributed by atoms with Crippen molar-refractivity contribution in [2.45, 2.75) is 38.9 Å². The molecule has 0 heterocycles. The van der Waals surface area contributed by atoms with Crippen molar-refractivity contribution in [3.05, 3.63) is 44.7 Å². The van der Waals surface area contributed by atoms with Crippen molar-refractivity contribution in [1.82, 2.24) is 0 Å². The van der Waals surface area contributed by atoms with Crippen molar-refractivity contribution in [2.75, 3.05) is 0 Å². The molecule has 0 bridgehead atoms. The van der Waals surface area contributed by atoms with Gasteiger partial charge in [-0.25, -0.2) is 0 Å². The van der Waals surface area contributed by atoms with Gasteiger partial charge in [-0.05, 0) is 166 Å². The zero-order chi connectivity index (χ0) is 22.7. The van der Waals surface area contributed by atoms with E-state index in [-0.39, 0.29) is 0 Å². The Hall–Kier alpha value is 2.84. The van der Waals surface area contributed by atoms with Crippen LogP contribution in [0.2, 0.25) is 0 Å². The summed E-state index contributed by atoms with van der Waals surface area (Å²) < 4.78 is 21.0. The van der Waals surface area contributed by atoms with Gasteiger partial charge < -0.3 is 9.47 Å². The first-order valence-electron chi connectivity index (χ1n) is 8.38. The van der Waals surface area contributed by atoms with Crippen LogP contribution in [-0.4, -0.2) is 6.29 Å². The third-order valence-corrected chi connectivity index (χ3v) is 15.9. The van der Waals surface area contributed by atoms with E-state index < -0.39 is 6.29 Å². The summed E-state index contributed by atoms with van der Waals surface area (Å²) in [5, 5.41) is 0. The molecule has 0 saturated carbocycles. The highest BCUT2D eigenvalue weighted by Gasteiger charge is 2.26. The van der Waals surface area contributed by atoms with Crippen LogP contribution in [0.15, 0.2) is 44.7 Å². The minimum atomic E-state index is -0.517. The van der Waals surface area contributed by atoms with E-state index in [1.165, 1.54) is 0 Å². The SMILES string of the molecule is CCCCCC(Oc1c(Br)c(Br)c(Br)c(Br)c1Br)Oc1c(Br)c(Br)c(Br)c(Br)c1Br. The Morgan fingerprint density at radius 2 is 0.800 bits per heavy atom. The van der Waals surface area contributed by atoms with Crippen LogP contribution in [-0.2, 0) is 0 Å². The van der Waals surface area contributed by atoms with Crippen LogP contribution in [0.5, 0.6) is 11.5 Å². The summed E-state index contributed by atoms with van der Waals surface area (Å²) in [6.07, 6.45) is 3.39. The van der Waals surface area contributed by atoms with Gasteiger partial charge in [0.1, 0.15) is 0 Å². The molecule has 166 valence electrons. The fourth-order valence-electron chi connectivity index (χ4n) is 2.34. The highest BCUT2D eigenvalue weighted by atomic mass is 79.9. The summed E-state index contributed by atoms with van der Waals surface area (Å²) in [4.78, 5) is 0. The Morgan fingerprint density at radius 3 is 1.10 bits per heavy atom. The fourth-order valence-corrected chi connectivity index (χ4v) is 8.74. The predicted octanol–water partition coefficient (Wildman–Crippen LogP) is 12.7. The average molecular weight is 1060 g/mol. The van der Waals surface area contributed by atoms with Crippen LogP contribution in [0.25, 0.3) is 0 Å². The molecule has 0 aliphatic heterocycles. The lowest BCUT2D eigenvalue weighted by molar-refractivity contribution is -0.00483. The number of rotatable bonds is 8. The van der Waals surface area contributed by atoms with E-state index in [9.17, 15) is 0 Å². The molecule has 0 fully saturated rings. The van der Waals surface area contributed by atoms with Crippen molar-refractivity contribution in [3.63, 3.8) is 0 Å². The summed E-state index contributed by atoms with van der Waals surface area (Å²) in [6, 6.07) is 0. The standard InChI is InChI=1S/C18H12Br10O2/c1-2-3-4-5-6(29-17-13(25)9(21)7(19)10(22)14(17)26)30-18-15(27)11(23)8(20)12(24)16(18)28/h6H,2-5H2,1H3. The number of hydrogen-bond acceptors (Lipinski definition) is 2. The molecule has 0 aliphatic rings. The zero-order valence-electron chi connectivity index (χ0n) is 15.0. The minimum Gasteiger partial charge on any atom is -0.452 e. The maximum absolute atomic E-state index is 6.38. The Bertz CT molecular complexity index is 818. The van der Waals surface area contributed by atoms with E-state index in [2.05, 4.69) is 166 Å². The molecule has 0 amide bonds. The largest absolute Gasteiger partial charge is 0.452 e. The number of halogens is 10. The summed E-state index contributed by atoms with van der Waals surface area (Å²) in [5.41, 5.74) is 0. The lowest BCUT2D eigenvalue weighted by atomic mass is 10.2. The number of ether oxygens (including phenoxy) is 2. The third-order valence-electron chi connectivity index (χ3n) is 3.88. The van der Waals surface area contributed by atoms with Gasteiger partial charge in [0.05, 0.1) is 35.8 Å². The second-order valence-electron chi connectivity index (χ2n) is 5.96. The molecule has 2 rings (SSSR count). The van der Waals surface area contributed by atoms with Gasteiger partial charge in [-0.15, -0.1) is 0 Å². The zero-order valence-corrected chi connectivity index (χ0v) is 30.9. The van der Waals surface area contributed by atoms with Crippen LogP contribution in [0.3, 0.4) is 0 Å². The van der Waals surface area contributed by atoms with Gasteiger partial charge in [0.25, 0.3) is 0 Å². The first-order valence-corrected chi connectivity index (χ1v) is 16.3. The van der Waals surface area contributed by atoms with Gasteiger partial charge >= 0.3 is 0 Å². The minimum absolute atomic E-state index is 0.517. The van der Waals surface area contributed by atoms with Crippen molar-refractivity contribution in [2.24, 2.45) is 0 Å². The fraction of sp³-hybridized carbons (Fsp3) is 0.333. The van der Waals surface area contributed by atoms with Crippen molar-refractivity contribution >= 4 is 159 Å². The van der Waals surface area contributed by atoms with Crippen LogP contribution < -0.4 is 9.47 Å². The molecule has 30 heavy (non-hydrogen) atoms. The summed E-state index contributed by atoms with van der Waals surface area (Å²) in [7, 11) is 0. The maximum Gasteiger partial charge on any atom is 0.241 e. The molecule has 12 heteroatoms. The van der Waals surface area contributed by atoms with Crippen LogP contribution in [0.1, 0.15) is 32.6 Å². The van der Waals surface area contributed by atoms with E-state index in [4.69, 9.17) is 9.47 Å². The summed E-state index contributed by atoms with van der Waals surface area (Å²) >= 11 is 36.0. The lowest BCUT2D eigenvalue weighted by Crippen LogP contribution is -2.25. The van der Waals surface area contributed by atoms with E-state index >= 15 is 0 Å². The number of benzene rings is 2. The topological polar surface area (TPSA) is 18.5 Å². The smallest absolute Gasteiger partial charge is 0.241 e. The maximum atomic E-state index is 6.38. The van der Waals surface area contributed by atoms with Gasteiger partial charge in [-0.1, -0.05) is 19.8 Å². The Balaban J connectivity index is 2.47. The predicted molar refractivity (Wildman–Crippen MR) is 159 cm³/mol. The van der Waals surface area contributed by atoms with Crippen molar-refractivity contribution in [1.29, 1.82) is 0 Å². The first-order chi connectivity index (χ1) is 14.0. The first kappa shape index (κ1) is 29.1. The highest BCUT2D eigenvalue weighted by Crippen LogP contribution is 2.51. The molecule has 2 aromatic rings. The van der Waals surface area contributed by atoms with E-state index in [1.807, 2.05) is 0 Å². The number of unbranched alkanes of at least 4 members (excludes halogenated alkanes) is 2. The number of hydrogen-bond donors (Lipinski definition) is 0. The molecular formula is C18H12Br10O2. The quantitative estimate of drug-likeness (QED) is 0.114. The summed E-state index contributed by atoms with van der Waals surface area (Å²) in [5.74, 6) is 1.28. The molecule has 2 nitrogen and oxygen atoms in total. The lowest BCUT2D eigenvalue weighted by Gasteiger charge is -2.25. The molecule has 0 saturated heterocycles. The van der Waals surface area contributed by atoms with Gasteiger partial charge in [0, 0.05) is 15.4 Å². The monoisotopic (exact) mass is 1050 g/mol. The average Bonchev–Trinajstić information content (AvgIpc) is 2.73. The molecule has 0 aromatic heterocycles. The van der Waals surface area contributed by atoms with E-state index in [0.717, 1.165) is 70.4 Å². The Morgan fingerprint density at radius 1 is 0.500 bits per heavy atom. The summed E-state index contributed by atoms with van der Waals surface area (Å²) in [6.45, 7) is 2.17. The van der Waals surface area contributed by atoms with Crippen LogP contribution >= 0.6 is 159 Å². The van der Waals surface area contributed by atoms with E-state index in [1.54, 1.807) is 0 Å². The Kier molecular flexibility index (Phi) is 12.8. The molecule has 0 aliphatic carbocycles. The second kappa shape index (κ2) is 13.2. The molecule has 2 aromatic carbocycles. The molecule has 0 spiro atoms. The molecule has 0 N–H and O–H groups in total. The molecular weight excluding hydrogens is 1050 g/mol. The van der Waals surface area contributed by atoms with Gasteiger partial charge in [-0.2, -0.15) is 0 Å². The third kappa shape index (κ3) is 6.74. The second-order valence-corrected chi connectivity index (χ2v) is 13.9.